The molecule has 0 atom stereocenters. The third kappa shape index (κ3) is 4.61. The lowest BCUT2D eigenvalue weighted by atomic mass is 10.2. The van der Waals surface area contributed by atoms with Crippen molar-refractivity contribution in [2.45, 2.75) is 11.7 Å². The zero-order valence-corrected chi connectivity index (χ0v) is 18.7. The molecular weight excluding hydrogens is 458 g/mol. The van der Waals surface area contributed by atoms with Gasteiger partial charge in [-0.1, -0.05) is 23.4 Å². The third-order valence-electron chi connectivity index (χ3n) is 4.96. The quantitative estimate of drug-likeness (QED) is 0.236. The molecule has 3 aromatic rings. The first-order chi connectivity index (χ1) is 15.5. The largest absolute Gasteiger partial charge is 0.378 e. The number of nitro groups is 1. The molecule has 11 nitrogen and oxygen atoms in total. The molecule has 0 bridgehead atoms. The van der Waals surface area contributed by atoms with Gasteiger partial charge in [-0.05, 0) is 18.4 Å². The molecule has 1 fully saturated rings. The number of morpholine rings is 1. The second-order valence-corrected chi connectivity index (χ2v) is 8.10. The zero-order chi connectivity index (χ0) is 22.7. The Bertz CT molecular complexity index is 1170. The average molecular weight is 478 g/mol. The molecule has 1 aromatic carbocycles. The molecular formula is C19H20ClN7O4S. The number of anilines is 1. The standard InChI is InChI=1S/C19H20ClN7O4S/c1-32-19-23-16(25-6-8-31-9-7-25)13-11-22-26(17(13)24-19)5-4-21-18(28)12-2-3-14(20)15(10-12)27(29)30/h2-3,10-11H,4-9H2,1H3,(H,21,28). The van der Waals surface area contributed by atoms with Gasteiger partial charge in [0.05, 0.1) is 36.3 Å². The number of benzene rings is 1. The number of halogens is 1. The molecule has 4 rings (SSSR count). The monoisotopic (exact) mass is 477 g/mol. The van der Waals surface area contributed by atoms with E-state index >= 15 is 0 Å². The third-order valence-corrected chi connectivity index (χ3v) is 5.83. The first-order valence-electron chi connectivity index (χ1n) is 9.80. The minimum atomic E-state index is -0.621. The van der Waals surface area contributed by atoms with E-state index in [2.05, 4.69) is 25.3 Å². The number of hydrogen-bond acceptors (Lipinski definition) is 9. The summed E-state index contributed by atoms with van der Waals surface area (Å²) < 4.78 is 7.15. The Morgan fingerprint density at radius 3 is 2.84 bits per heavy atom. The molecule has 0 spiro atoms. The van der Waals surface area contributed by atoms with Gasteiger partial charge in [-0.25, -0.2) is 14.6 Å². The number of ether oxygens (including phenoxy) is 1. The van der Waals surface area contributed by atoms with Crippen LogP contribution in [0.2, 0.25) is 5.02 Å². The second-order valence-electron chi connectivity index (χ2n) is 6.92. The summed E-state index contributed by atoms with van der Waals surface area (Å²) in [6.07, 6.45) is 3.64. The van der Waals surface area contributed by atoms with Gasteiger partial charge in [-0.2, -0.15) is 5.10 Å². The van der Waals surface area contributed by atoms with Crippen molar-refractivity contribution in [2.24, 2.45) is 0 Å². The van der Waals surface area contributed by atoms with Crippen LogP contribution in [0.5, 0.6) is 0 Å². The van der Waals surface area contributed by atoms with E-state index in [1.807, 2.05) is 6.26 Å². The Balaban J connectivity index is 1.49. The van der Waals surface area contributed by atoms with Crippen LogP contribution in [0.3, 0.4) is 0 Å². The topological polar surface area (TPSA) is 128 Å². The molecule has 1 aliphatic rings. The first-order valence-corrected chi connectivity index (χ1v) is 11.4. The predicted octanol–water partition coefficient (Wildman–Crippen LogP) is 2.38. The van der Waals surface area contributed by atoms with Gasteiger partial charge in [-0.15, -0.1) is 0 Å². The van der Waals surface area contributed by atoms with E-state index in [1.165, 1.54) is 23.9 Å². The van der Waals surface area contributed by atoms with Gasteiger partial charge in [0.15, 0.2) is 10.8 Å². The van der Waals surface area contributed by atoms with Crippen LogP contribution in [0.1, 0.15) is 10.4 Å². The molecule has 1 saturated heterocycles. The van der Waals surface area contributed by atoms with E-state index in [4.69, 9.17) is 16.3 Å². The average Bonchev–Trinajstić information content (AvgIpc) is 3.21. The van der Waals surface area contributed by atoms with Crippen molar-refractivity contribution in [3.63, 3.8) is 0 Å². The van der Waals surface area contributed by atoms with Crippen molar-refractivity contribution in [3.8, 4) is 0 Å². The van der Waals surface area contributed by atoms with Crippen LogP contribution >= 0.6 is 23.4 Å². The molecule has 168 valence electrons. The van der Waals surface area contributed by atoms with Gasteiger partial charge >= 0.3 is 0 Å². The van der Waals surface area contributed by atoms with Crippen LogP contribution in [-0.4, -0.2) is 69.7 Å². The fourth-order valence-electron chi connectivity index (χ4n) is 3.36. The van der Waals surface area contributed by atoms with Crippen LogP contribution < -0.4 is 10.2 Å². The number of nitrogens with zero attached hydrogens (tertiary/aromatic N) is 6. The van der Waals surface area contributed by atoms with Gasteiger partial charge in [0.1, 0.15) is 10.8 Å². The highest BCUT2D eigenvalue weighted by Gasteiger charge is 2.20. The number of nitrogens with one attached hydrogen (secondary N) is 1. The van der Waals surface area contributed by atoms with Gasteiger partial charge in [0.25, 0.3) is 11.6 Å². The van der Waals surface area contributed by atoms with Crippen molar-refractivity contribution >= 4 is 51.8 Å². The van der Waals surface area contributed by atoms with Crippen molar-refractivity contribution < 1.29 is 14.5 Å². The van der Waals surface area contributed by atoms with Crippen LogP contribution in [0, 0.1) is 10.1 Å². The first kappa shape index (κ1) is 22.2. The van der Waals surface area contributed by atoms with Crippen LogP contribution in [0.25, 0.3) is 11.0 Å². The van der Waals surface area contributed by atoms with Gasteiger partial charge in [-0.3, -0.25) is 14.9 Å². The molecule has 1 amide bonds. The number of aromatic nitrogens is 4. The molecule has 1 aliphatic heterocycles. The van der Waals surface area contributed by atoms with Crippen molar-refractivity contribution in [3.05, 3.63) is 45.1 Å². The van der Waals surface area contributed by atoms with E-state index in [9.17, 15) is 14.9 Å². The fourth-order valence-corrected chi connectivity index (χ4v) is 3.91. The molecule has 0 unspecified atom stereocenters. The summed E-state index contributed by atoms with van der Waals surface area (Å²) in [6, 6.07) is 3.94. The predicted molar refractivity (Wildman–Crippen MR) is 121 cm³/mol. The number of thioether (sulfide) groups is 1. The summed E-state index contributed by atoms with van der Waals surface area (Å²) in [6.45, 7) is 3.41. The molecule has 13 heteroatoms. The highest BCUT2D eigenvalue weighted by atomic mass is 35.5. The van der Waals surface area contributed by atoms with E-state index < -0.39 is 10.8 Å². The summed E-state index contributed by atoms with van der Waals surface area (Å²) >= 11 is 7.26. The lowest BCUT2D eigenvalue weighted by Gasteiger charge is -2.28. The minimum absolute atomic E-state index is 0.0186. The highest BCUT2D eigenvalue weighted by molar-refractivity contribution is 7.98. The Labute approximate surface area is 192 Å². The maximum atomic E-state index is 12.4. The Morgan fingerprint density at radius 2 is 2.12 bits per heavy atom. The molecule has 32 heavy (non-hydrogen) atoms. The van der Waals surface area contributed by atoms with Crippen molar-refractivity contribution in [1.82, 2.24) is 25.1 Å². The number of hydrogen-bond donors (Lipinski definition) is 1. The highest BCUT2D eigenvalue weighted by Crippen LogP contribution is 2.27. The smallest absolute Gasteiger partial charge is 0.288 e. The summed E-state index contributed by atoms with van der Waals surface area (Å²) in [7, 11) is 0. The summed E-state index contributed by atoms with van der Waals surface area (Å²) in [4.78, 5) is 34.3. The van der Waals surface area contributed by atoms with E-state index in [0.29, 0.717) is 30.6 Å². The molecule has 0 aliphatic carbocycles. The lowest BCUT2D eigenvalue weighted by molar-refractivity contribution is -0.384. The van der Waals surface area contributed by atoms with Crippen LogP contribution in [0.15, 0.2) is 29.6 Å². The van der Waals surface area contributed by atoms with Gasteiger partial charge in [0, 0.05) is 31.3 Å². The summed E-state index contributed by atoms with van der Waals surface area (Å²) in [5.41, 5.74) is 0.532. The maximum Gasteiger partial charge on any atom is 0.288 e. The van der Waals surface area contributed by atoms with Crippen molar-refractivity contribution in [2.75, 3.05) is 44.0 Å². The number of carbonyl (C=O) groups excluding carboxylic acids is 1. The molecule has 0 radical (unpaired) electrons. The molecule has 3 heterocycles. The molecule has 0 saturated carbocycles. The number of fused-ring (bicyclic) bond motifs is 1. The van der Waals surface area contributed by atoms with Gasteiger partial charge < -0.3 is 15.0 Å². The Kier molecular flexibility index (Phi) is 6.72. The van der Waals surface area contributed by atoms with E-state index in [-0.39, 0.29) is 22.8 Å². The van der Waals surface area contributed by atoms with Crippen molar-refractivity contribution in [1.29, 1.82) is 0 Å². The lowest BCUT2D eigenvalue weighted by Crippen LogP contribution is -2.37. The molecule has 2 aromatic heterocycles. The Morgan fingerprint density at radius 1 is 1.34 bits per heavy atom. The number of carbonyl (C=O) groups is 1. The fraction of sp³-hybridized carbons (Fsp3) is 0.368. The molecule has 1 N–H and O–H groups in total. The van der Waals surface area contributed by atoms with Crippen LogP contribution in [0.4, 0.5) is 11.5 Å². The van der Waals surface area contributed by atoms with Crippen LogP contribution in [-0.2, 0) is 11.3 Å². The SMILES string of the molecule is CSc1nc(N2CCOCC2)c2cnn(CCNC(=O)c3ccc(Cl)c([N+](=O)[O-])c3)c2n1. The van der Waals surface area contributed by atoms with E-state index in [1.54, 1.807) is 10.9 Å². The number of rotatable bonds is 7. The normalized spacial score (nSPS) is 14.0. The second kappa shape index (κ2) is 9.67. The van der Waals surface area contributed by atoms with E-state index in [0.717, 1.165) is 30.4 Å². The number of amides is 1. The summed E-state index contributed by atoms with van der Waals surface area (Å²) in [5, 5.41) is 19.7. The summed E-state index contributed by atoms with van der Waals surface area (Å²) in [5.74, 6) is 0.390. The van der Waals surface area contributed by atoms with Gasteiger partial charge in [0.2, 0.25) is 0 Å². The zero-order valence-electron chi connectivity index (χ0n) is 17.2. The number of nitro benzene ring substituents is 1. The minimum Gasteiger partial charge on any atom is -0.378 e. The Hall–Kier alpha value is -2.96. The maximum absolute atomic E-state index is 12.4.